The van der Waals surface area contributed by atoms with Crippen LogP contribution in [0.15, 0.2) is 18.2 Å². The van der Waals surface area contributed by atoms with E-state index in [0.29, 0.717) is 5.82 Å². The van der Waals surface area contributed by atoms with E-state index in [0.717, 1.165) is 44.9 Å². The summed E-state index contributed by atoms with van der Waals surface area (Å²) in [5.41, 5.74) is 3.05. The van der Waals surface area contributed by atoms with Gasteiger partial charge in [0.15, 0.2) is 5.82 Å². The molecule has 1 aromatic carbocycles. The van der Waals surface area contributed by atoms with Gasteiger partial charge in [0, 0.05) is 6.54 Å². The zero-order chi connectivity index (χ0) is 15.4. The summed E-state index contributed by atoms with van der Waals surface area (Å²) in [6, 6.07) is 6.07. The minimum atomic E-state index is 0.698. The molecule has 1 aromatic heterocycles. The van der Waals surface area contributed by atoms with Gasteiger partial charge in [-0.15, -0.1) is 0 Å². The van der Waals surface area contributed by atoms with E-state index in [2.05, 4.69) is 44.8 Å². The number of benzene rings is 1. The van der Waals surface area contributed by atoms with Gasteiger partial charge in [-0.05, 0) is 60.6 Å². The summed E-state index contributed by atoms with van der Waals surface area (Å²) in [5, 5.41) is 3.36. The highest BCUT2D eigenvalue weighted by molar-refractivity contribution is 14.1. The summed E-state index contributed by atoms with van der Waals surface area (Å²) in [6.45, 7) is 7.08. The van der Waals surface area contributed by atoms with Crippen LogP contribution >= 0.6 is 22.6 Å². The lowest BCUT2D eigenvalue weighted by molar-refractivity contribution is 0.416. The van der Waals surface area contributed by atoms with Gasteiger partial charge in [0.05, 0.1) is 21.9 Å². The number of aryl methyl sites for hydroxylation is 2. The molecule has 0 bridgehead atoms. The molecule has 0 amide bonds. The molecule has 2 rings (SSSR count). The summed E-state index contributed by atoms with van der Waals surface area (Å²) in [5.74, 6) is 2.39. The lowest BCUT2D eigenvalue weighted by atomic mass is 10.1. The average molecular weight is 397 g/mol. The maximum Gasteiger partial charge on any atom is 0.165 e. The van der Waals surface area contributed by atoms with Gasteiger partial charge in [-0.2, -0.15) is 0 Å². The fraction of sp³-hybridized carbons (Fsp3) is 0.375. The average Bonchev–Trinajstić information content (AvgIpc) is 2.48. The monoisotopic (exact) mass is 397 g/mol. The third-order valence-electron chi connectivity index (χ3n) is 3.16. The smallest absolute Gasteiger partial charge is 0.165 e. The molecule has 1 heterocycles. The Kier molecular flexibility index (Phi) is 5.39. The van der Waals surface area contributed by atoms with E-state index in [4.69, 9.17) is 4.74 Å². The standard InChI is InChI=1S/C16H20IN3O/c1-5-8-18-16-14(17)11(3)19-15(20-16)12-7-6-10(2)9-13(12)21-4/h6-7,9H,5,8H2,1-4H3,(H,18,19,20). The van der Waals surface area contributed by atoms with E-state index in [1.54, 1.807) is 7.11 Å². The van der Waals surface area contributed by atoms with Crippen molar-refractivity contribution in [1.29, 1.82) is 0 Å². The second-order valence-corrected chi connectivity index (χ2v) is 6.00. The van der Waals surface area contributed by atoms with Crippen molar-refractivity contribution >= 4 is 28.4 Å². The number of methoxy groups -OCH3 is 1. The van der Waals surface area contributed by atoms with Crippen LogP contribution in [-0.4, -0.2) is 23.6 Å². The predicted molar refractivity (Wildman–Crippen MR) is 95.0 cm³/mol. The number of rotatable bonds is 5. The van der Waals surface area contributed by atoms with Crippen LogP contribution in [0.3, 0.4) is 0 Å². The Morgan fingerprint density at radius 1 is 1.24 bits per heavy atom. The molecule has 0 saturated heterocycles. The van der Waals surface area contributed by atoms with E-state index in [-0.39, 0.29) is 0 Å². The Morgan fingerprint density at radius 2 is 2.00 bits per heavy atom. The Hall–Kier alpha value is -1.37. The molecular weight excluding hydrogens is 377 g/mol. The van der Waals surface area contributed by atoms with E-state index in [1.165, 1.54) is 0 Å². The SMILES string of the molecule is CCCNc1nc(-c2ccc(C)cc2OC)nc(C)c1I. The molecule has 0 aliphatic heterocycles. The summed E-state index contributed by atoms with van der Waals surface area (Å²) < 4.78 is 6.54. The summed E-state index contributed by atoms with van der Waals surface area (Å²) >= 11 is 2.29. The maximum atomic E-state index is 5.47. The van der Waals surface area contributed by atoms with Crippen molar-refractivity contribution in [3.8, 4) is 17.1 Å². The molecular formula is C16H20IN3O. The molecule has 0 aliphatic carbocycles. The molecule has 2 aromatic rings. The third-order valence-corrected chi connectivity index (χ3v) is 4.45. The second-order valence-electron chi connectivity index (χ2n) is 4.93. The van der Waals surface area contributed by atoms with Crippen molar-refractivity contribution in [2.75, 3.05) is 19.0 Å². The van der Waals surface area contributed by atoms with Crippen LogP contribution < -0.4 is 10.1 Å². The van der Waals surface area contributed by atoms with Crippen LogP contribution in [0.5, 0.6) is 5.75 Å². The van der Waals surface area contributed by atoms with Crippen molar-refractivity contribution in [3.63, 3.8) is 0 Å². The van der Waals surface area contributed by atoms with Crippen molar-refractivity contribution < 1.29 is 4.74 Å². The summed E-state index contributed by atoms with van der Waals surface area (Å²) in [7, 11) is 1.67. The van der Waals surface area contributed by atoms with E-state index in [1.807, 2.05) is 32.0 Å². The lowest BCUT2D eigenvalue weighted by Crippen LogP contribution is -2.08. The molecule has 112 valence electrons. The normalized spacial score (nSPS) is 10.5. The molecule has 0 spiro atoms. The van der Waals surface area contributed by atoms with Crippen LogP contribution in [0.1, 0.15) is 24.6 Å². The first kappa shape index (κ1) is 16.0. The topological polar surface area (TPSA) is 47.0 Å². The second kappa shape index (κ2) is 7.06. The summed E-state index contributed by atoms with van der Waals surface area (Å²) in [4.78, 5) is 9.28. The molecule has 0 unspecified atom stereocenters. The lowest BCUT2D eigenvalue weighted by Gasteiger charge is -2.13. The largest absolute Gasteiger partial charge is 0.496 e. The summed E-state index contributed by atoms with van der Waals surface area (Å²) in [6.07, 6.45) is 1.06. The molecule has 0 aliphatic rings. The number of hydrogen-bond acceptors (Lipinski definition) is 4. The highest BCUT2D eigenvalue weighted by atomic mass is 127. The Labute approximate surface area is 139 Å². The Morgan fingerprint density at radius 3 is 2.67 bits per heavy atom. The minimum absolute atomic E-state index is 0.698. The fourth-order valence-corrected chi connectivity index (χ4v) is 2.46. The third kappa shape index (κ3) is 3.64. The van der Waals surface area contributed by atoms with E-state index in [9.17, 15) is 0 Å². The van der Waals surface area contributed by atoms with Crippen molar-refractivity contribution in [1.82, 2.24) is 9.97 Å². The first-order valence-electron chi connectivity index (χ1n) is 6.99. The number of hydrogen-bond donors (Lipinski definition) is 1. The first-order chi connectivity index (χ1) is 10.1. The molecule has 5 heteroatoms. The molecule has 0 radical (unpaired) electrons. The van der Waals surface area contributed by atoms with Crippen molar-refractivity contribution in [3.05, 3.63) is 33.0 Å². The molecule has 0 fully saturated rings. The van der Waals surface area contributed by atoms with Crippen LogP contribution in [0.25, 0.3) is 11.4 Å². The van der Waals surface area contributed by atoms with Crippen molar-refractivity contribution in [2.24, 2.45) is 0 Å². The van der Waals surface area contributed by atoms with Gasteiger partial charge in [0.1, 0.15) is 11.6 Å². The van der Waals surface area contributed by atoms with E-state index >= 15 is 0 Å². The number of ether oxygens (including phenoxy) is 1. The molecule has 1 N–H and O–H groups in total. The van der Waals surface area contributed by atoms with Crippen LogP contribution in [0, 0.1) is 17.4 Å². The van der Waals surface area contributed by atoms with Gasteiger partial charge in [0.25, 0.3) is 0 Å². The van der Waals surface area contributed by atoms with Crippen LogP contribution in [-0.2, 0) is 0 Å². The fourth-order valence-electron chi connectivity index (χ4n) is 2.02. The molecule has 21 heavy (non-hydrogen) atoms. The van der Waals surface area contributed by atoms with Gasteiger partial charge >= 0.3 is 0 Å². The maximum absolute atomic E-state index is 5.47. The number of nitrogens with zero attached hydrogens (tertiary/aromatic N) is 2. The number of halogens is 1. The van der Waals surface area contributed by atoms with Gasteiger partial charge in [-0.25, -0.2) is 9.97 Å². The van der Waals surface area contributed by atoms with Crippen LogP contribution in [0.4, 0.5) is 5.82 Å². The molecule has 0 saturated carbocycles. The van der Waals surface area contributed by atoms with Gasteiger partial charge < -0.3 is 10.1 Å². The van der Waals surface area contributed by atoms with Gasteiger partial charge in [-0.3, -0.25) is 0 Å². The Bertz CT molecular complexity index is 644. The zero-order valence-electron chi connectivity index (χ0n) is 12.8. The molecule has 0 atom stereocenters. The van der Waals surface area contributed by atoms with Crippen molar-refractivity contribution in [2.45, 2.75) is 27.2 Å². The number of anilines is 1. The zero-order valence-corrected chi connectivity index (χ0v) is 15.0. The minimum Gasteiger partial charge on any atom is -0.496 e. The predicted octanol–water partition coefficient (Wildman–Crippen LogP) is 4.20. The molecule has 4 nitrogen and oxygen atoms in total. The van der Waals surface area contributed by atoms with Gasteiger partial charge in [-0.1, -0.05) is 13.0 Å². The van der Waals surface area contributed by atoms with Gasteiger partial charge in [0.2, 0.25) is 0 Å². The highest BCUT2D eigenvalue weighted by Gasteiger charge is 2.14. The van der Waals surface area contributed by atoms with Crippen LogP contribution in [0.2, 0.25) is 0 Å². The quantitative estimate of drug-likeness (QED) is 0.769. The first-order valence-corrected chi connectivity index (χ1v) is 8.07. The number of aromatic nitrogens is 2. The van der Waals surface area contributed by atoms with E-state index < -0.39 is 0 Å². The number of nitrogens with one attached hydrogen (secondary N) is 1. The Balaban J connectivity index is 2.51. The highest BCUT2D eigenvalue weighted by Crippen LogP contribution is 2.30.